The van der Waals surface area contributed by atoms with Crippen molar-refractivity contribution in [3.05, 3.63) is 83.5 Å². The third-order valence-corrected chi connectivity index (χ3v) is 6.80. The zero-order valence-corrected chi connectivity index (χ0v) is 19.7. The van der Waals surface area contributed by atoms with Gasteiger partial charge in [-0.15, -0.1) is 0 Å². The lowest BCUT2D eigenvalue weighted by Crippen LogP contribution is -2.23. The van der Waals surface area contributed by atoms with E-state index >= 15 is 0 Å². The summed E-state index contributed by atoms with van der Waals surface area (Å²) in [7, 11) is 1.45. The van der Waals surface area contributed by atoms with E-state index in [2.05, 4.69) is 4.98 Å². The molecule has 0 aliphatic heterocycles. The number of esters is 1. The lowest BCUT2D eigenvalue weighted by atomic mass is 9.81. The maximum Gasteiger partial charge on any atom is 0.308 e. The molecular formula is C27H26ClN3O3. The summed E-state index contributed by atoms with van der Waals surface area (Å²) in [5.41, 5.74) is 3.60. The number of hydrogen-bond acceptors (Lipinski definition) is 5. The molecule has 0 radical (unpaired) electrons. The van der Waals surface area contributed by atoms with Crippen LogP contribution < -0.4 is 4.74 Å². The van der Waals surface area contributed by atoms with E-state index in [1.807, 2.05) is 65.2 Å². The summed E-state index contributed by atoms with van der Waals surface area (Å²) >= 11 is 6.56. The summed E-state index contributed by atoms with van der Waals surface area (Å²) in [5.74, 6) is 1.80. The highest BCUT2D eigenvalue weighted by Gasteiger charge is 2.31. The first kappa shape index (κ1) is 22.4. The van der Waals surface area contributed by atoms with E-state index in [1.54, 1.807) is 6.20 Å². The van der Waals surface area contributed by atoms with Gasteiger partial charge in [-0.05, 0) is 43.4 Å². The highest BCUT2D eigenvalue weighted by molar-refractivity contribution is 6.33. The molecule has 1 fully saturated rings. The molecule has 6 nitrogen and oxygen atoms in total. The predicted octanol–water partition coefficient (Wildman–Crippen LogP) is 6.08. The largest absolute Gasteiger partial charge is 0.489 e. The number of fused-ring (bicyclic) bond motifs is 1. The summed E-state index contributed by atoms with van der Waals surface area (Å²) < 4.78 is 13.0. The number of carbonyl (C=O) groups is 1. The van der Waals surface area contributed by atoms with E-state index in [1.165, 1.54) is 7.11 Å². The van der Waals surface area contributed by atoms with Crippen LogP contribution in [0.25, 0.3) is 16.8 Å². The van der Waals surface area contributed by atoms with Gasteiger partial charge in [-0.3, -0.25) is 9.20 Å². The third-order valence-electron chi connectivity index (χ3n) is 6.52. The van der Waals surface area contributed by atoms with Gasteiger partial charge in [0.2, 0.25) is 0 Å². The monoisotopic (exact) mass is 475 g/mol. The van der Waals surface area contributed by atoms with Crippen molar-refractivity contribution in [3.63, 3.8) is 0 Å². The Morgan fingerprint density at radius 1 is 1.09 bits per heavy atom. The molecule has 2 aromatic carbocycles. The van der Waals surface area contributed by atoms with Crippen LogP contribution in [0.2, 0.25) is 5.15 Å². The van der Waals surface area contributed by atoms with Gasteiger partial charge in [0, 0.05) is 23.9 Å². The summed E-state index contributed by atoms with van der Waals surface area (Å²) in [5, 5.41) is 0.412. The molecule has 1 aliphatic carbocycles. The lowest BCUT2D eigenvalue weighted by molar-refractivity contribution is -0.146. The van der Waals surface area contributed by atoms with Crippen molar-refractivity contribution in [2.75, 3.05) is 7.11 Å². The zero-order chi connectivity index (χ0) is 23.5. The molecule has 174 valence electrons. The fourth-order valence-electron chi connectivity index (χ4n) is 4.74. The highest BCUT2D eigenvalue weighted by atomic mass is 35.5. The molecule has 0 saturated heterocycles. The second kappa shape index (κ2) is 9.85. The van der Waals surface area contributed by atoms with Crippen LogP contribution in [-0.4, -0.2) is 27.4 Å². The third kappa shape index (κ3) is 4.50. The van der Waals surface area contributed by atoms with Gasteiger partial charge in [0.15, 0.2) is 5.15 Å². The van der Waals surface area contributed by atoms with Crippen molar-refractivity contribution >= 4 is 23.1 Å². The molecule has 4 aromatic rings. The second-order valence-electron chi connectivity index (χ2n) is 8.63. The zero-order valence-electron chi connectivity index (χ0n) is 19.0. The Bertz CT molecular complexity index is 1300. The lowest BCUT2D eigenvalue weighted by Gasteiger charge is -2.26. The van der Waals surface area contributed by atoms with E-state index in [9.17, 15) is 4.79 Å². The van der Waals surface area contributed by atoms with Crippen molar-refractivity contribution in [1.82, 2.24) is 14.4 Å². The Balaban J connectivity index is 1.45. The normalized spacial score (nSPS) is 18.1. The van der Waals surface area contributed by atoms with Gasteiger partial charge in [0.05, 0.1) is 18.7 Å². The molecule has 5 rings (SSSR count). The molecule has 1 saturated carbocycles. The maximum atomic E-state index is 12.0. The fourth-order valence-corrected chi connectivity index (χ4v) is 4.98. The fraction of sp³-hybridized carbons (Fsp3) is 0.296. The summed E-state index contributed by atoms with van der Waals surface area (Å²) in [6.07, 6.45) is 6.95. The average Bonchev–Trinajstić information content (AvgIpc) is 3.29. The van der Waals surface area contributed by atoms with Gasteiger partial charge in [0.25, 0.3) is 0 Å². The molecule has 7 heteroatoms. The number of methoxy groups -OCH3 is 1. The molecule has 0 amide bonds. The minimum atomic E-state index is -0.119. The molecule has 0 spiro atoms. The van der Waals surface area contributed by atoms with Crippen LogP contribution in [0.1, 0.15) is 43.0 Å². The Hall–Kier alpha value is -3.38. The Morgan fingerprint density at radius 2 is 1.88 bits per heavy atom. The van der Waals surface area contributed by atoms with Crippen LogP contribution >= 0.6 is 11.6 Å². The number of nitrogens with zero attached hydrogens (tertiary/aromatic N) is 3. The van der Waals surface area contributed by atoms with Gasteiger partial charge >= 0.3 is 5.97 Å². The van der Waals surface area contributed by atoms with Crippen molar-refractivity contribution < 1.29 is 14.3 Å². The van der Waals surface area contributed by atoms with Gasteiger partial charge < -0.3 is 9.47 Å². The minimum absolute atomic E-state index is 0.0318. The molecule has 0 bridgehead atoms. The average molecular weight is 476 g/mol. The van der Waals surface area contributed by atoms with Crippen LogP contribution in [-0.2, 0) is 16.1 Å². The van der Waals surface area contributed by atoms with Crippen LogP contribution in [0.5, 0.6) is 5.75 Å². The highest BCUT2D eigenvalue weighted by Crippen LogP contribution is 2.39. The number of ether oxygens (including phenoxy) is 2. The van der Waals surface area contributed by atoms with E-state index in [-0.39, 0.29) is 17.8 Å². The number of halogens is 1. The number of hydrogen-bond donors (Lipinski definition) is 0. The first-order valence-corrected chi connectivity index (χ1v) is 11.9. The van der Waals surface area contributed by atoms with E-state index in [0.29, 0.717) is 11.8 Å². The van der Waals surface area contributed by atoms with E-state index in [4.69, 9.17) is 26.1 Å². The smallest absolute Gasteiger partial charge is 0.308 e. The van der Waals surface area contributed by atoms with Crippen LogP contribution in [0, 0.1) is 5.92 Å². The minimum Gasteiger partial charge on any atom is -0.489 e. The number of carbonyl (C=O) groups excluding carboxylic acids is 1. The van der Waals surface area contributed by atoms with Gasteiger partial charge in [-0.2, -0.15) is 0 Å². The SMILES string of the molecule is COC(=O)C1CCC(c2nc(-c3cccc(OCc4ccccc4)c3)c3c(Cl)nccn23)CC1. The van der Waals surface area contributed by atoms with Crippen molar-refractivity contribution in [2.24, 2.45) is 5.92 Å². The van der Waals surface area contributed by atoms with Gasteiger partial charge in [-0.1, -0.05) is 54.1 Å². The molecule has 0 unspecified atom stereocenters. The molecule has 0 N–H and O–H groups in total. The van der Waals surface area contributed by atoms with Crippen LogP contribution in [0.4, 0.5) is 0 Å². The number of rotatable bonds is 6. The predicted molar refractivity (Wildman–Crippen MR) is 131 cm³/mol. The molecule has 2 heterocycles. The number of aromatic nitrogens is 3. The van der Waals surface area contributed by atoms with E-state index < -0.39 is 0 Å². The summed E-state index contributed by atoms with van der Waals surface area (Å²) in [4.78, 5) is 21.3. The number of imidazole rings is 1. The maximum absolute atomic E-state index is 12.0. The summed E-state index contributed by atoms with van der Waals surface area (Å²) in [6, 6.07) is 18.0. The quantitative estimate of drug-likeness (QED) is 0.316. The molecule has 0 atom stereocenters. The van der Waals surface area contributed by atoms with Crippen molar-refractivity contribution in [2.45, 2.75) is 38.2 Å². The molecule has 1 aliphatic rings. The first-order chi connectivity index (χ1) is 16.6. The topological polar surface area (TPSA) is 65.7 Å². The Labute approximate surface area is 203 Å². The molecule has 34 heavy (non-hydrogen) atoms. The Kier molecular flexibility index (Phi) is 6.50. The first-order valence-electron chi connectivity index (χ1n) is 11.5. The van der Waals surface area contributed by atoms with E-state index in [0.717, 1.165) is 59.6 Å². The molecular weight excluding hydrogens is 450 g/mol. The van der Waals surface area contributed by atoms with Crippen molar-refractivity contribution in [3.8, 4) is 17.0 Å². The van der Waals surface area contributed by atoms with Gasteiger partial charge in [0.1, 0.15) is 23.7 Å². The van der Waals surface area contributed by atoms with Crippen LogP contribution in [0.3, 0.4) is 0 Å². The van der Waals surface area contributed by atoms with Crippen LogP contribution in [0.15, 0.2) is 67.0 Å². The standard InChI is InChI=1S/C27H26ClN3O3/c1-33-27(32)20-12-10-19(11-13-20)26-30-23(24-25(28)29-14-15-31(24)26)21-8-5-9-22(16-21)34-17-18-6-3-2-4-7-18/h2-9,14-16,19-20H,10-13,17H2,1H3. The summed E-state index contributed by atoms with van der Waals surface area (Å²) in [6.45, 7) is 0.491. The molecule has 2 aromatic heterocycles. The Morgan fingerprint density at radius 3 is 2.65 bits per heavy atom. The number of benzene rings is 2. The van der Waals surface area contributed by atoms with Crippen molar-refractivity contribution in [1.29, 1.82) is 0 Å². The second-order valence-corrected chi connectivity index (χ2v) is 8.99. The van der Waals surface area contributed by atoms with Gasteiger partial charge in [-0.25, -0.2) is 9.97 Å².